The lowest BCUT2D eigenvalue weighted by molar-refractivity contribution is -0.136. The van der Waals surface area contributed by atoms with Crippen LogP contribution in [0.2, 0.25) is 5.02 Å². The Balaban J connectivity index is 1.41. The number of carbonyl (C=O) groups is 4. The standard InChI is InChI=1S/C29H28ClN3O7S/c1-3-38-22-15-17(9-14-21(22)40-28(36)18-10-12-19(30)13-11-18)16-31-33-26(35)25(34)32-27-24(29(37)39-4-2)20-7-5-6-8-23(20)41-27/h9-16H,3-8H2,1-2H3,(H,32,34)(H,33,35)/b31-16+. The van der Waals surface area contributed by atoms with E-state index in [0.29, 0.717) is 33.3 Å². The largest absolute Gasteiger partial charge is 0.490 e. The molecule has 0 saturated carbocycles. The Labute approximate surface area is 245 Å². The molecular formula is C29H28ClN3O7S. The minimum absolute atomic E-state index is 0.197. The quantitative estimate of drug-likeness (QED) is 0.114. The van der Waals surface area contributed by atoms with E-state index >= 15 is 0 Å². The van der Waals surface area contributed by atoms with Gasteiger partial charge in [-0.25, -0.2) is 15.0 Å². The molecule has 0 fully saturated rings. The fourth-order valence-corrected chi connectivity index (χ4v) is 5.55. The van der Waals surface area contributed by atoms with Crippen molar-refractivity contribution in [3.63, 3.8) is 0 Å². The minimum Gasteiger partial charge on any atom is -0.490 e. The zero-order valence-electron chi connectivity index (χ0n) is 22.5. The molecule has 1 aliphatic carbocycles. The summed E-state index contributed by atoms with van der Waals surface area (Å²) in [5.74, 6) is -2.60. The van der Waals surface area contributed by atoms with Gasteiger partial charge in [0.05, 0.1) is 30.6 Å². The maximum absolute atomic E-state index is 12.6. The average molecular weight is 598 g/mol. The molecule has 0 saturated heterocycles. The van der Waals surface area contributed by atoms with Gasteiger partial charge in [0.15, 0.2) is 11.5 Å². The van der Waals surface area contributed by atoms with Crippen LogP contribution in [0.25, 0.3) is 0 Å². The van der Waals surface area contributed by atoms with Crippen molar-refractivity contribution in [2.75, 3.05) is 18.5 Å². The second kappa shape index (κ2) is 13.9. The number of aryl methyl sites for hydroxylation is 1. The SMILES string of the molecule is CCOC(=O)c1c(NC(=O)C(=O)N/N=C/c2ccc(OC(=O)c3ccc(Cl)cc3)c(OCC)c2)sc2c1CCCC2. The average Bonchev–Trinajstić information content (AvgIpc) is 3.32. The van der Waals surface area contributed by atoms with Crippen LogP contribution in [0.1, 0.15) is 63.4 Å². The van der Waals surface area contributed by atoms with Crippen LogP contribution in [0.4, 0.5) is 5.00 Å². The number of fused-ring (bicyclic) bond motifs is 1. The van der Waals surface area contributed by atoms with E-state index in [4.69, 9.17) is 25.8 Å². The van der Waals surface area contributed by atoms with Crippen LogP contribution in [-0.2, 0) is 27.2 Å². The number of halogens is 1. The topological polar surface area (TPSA) is 132 Å². The van der Waals surface area contributed by atoms with Gasteiger partial charge in [0.1, 0.15) is 5.00 Å². The van der Waals surface area contributed by atoms with Crippen molar-refractivity contribution in [2.24, 2.45) is 5.10 Å². The van der Waals surface area contributed by atoms with Gasteiger partial charge in [-0.3, -0.25) is 9.59 Å². The number of rotatable bonds is 9. The molecule has 0 radical (unpaired) electrons. The zero-order valence-corrected chi connectivity index (χ0v) is 24.0. The lowest BCUT2D eigenvalue weighted by atomic mass is 9.95. The first-order valence-electron chi connectivity index (χ1n) is 13.0. The number of nitrogens with one attached hydrogen (secondary N) is 2. The molecule has 0 bridgehead atoms. The summed E-state index contributed by atoms with van der Waals surface area (Å²) in [6.07, 6.45) is 4.77. The molecule has 0 unspecified atom stereocenters. The number of carbonyl (C=O) groups excluding carboxylic acids is 4. The van der Waals surface area contributed by atoms with E-state index in [2.05, 4.69) is 15.8 Å². The summed E-state index contributed by atoms with van der Waals surface area (Å²) in [7, 11) is 0. The summed E-state index contributed by atoms with van der Waals surface area (Å²) in [5, 5.41) is 7.19. The van der Waals surface area contributed by atoms with Crippen molar-refractivity contribution < 1.29 is 33.4 Å². The summed E-state index contributed by atoms with van der Waals surface area (Å²) in [5.41, 5.74) is 4.20. The van der Waals surface area contributed by atoms with Crippen molar-refractivity contribution in [3.8, 4) is 11.5 Å². The summed E-state index contributed by atoms with van der Waals surface area (Å²) in [6.45, 7) is 3.99. The Kier molecular flexibility index (Phi) is 10.1. The highest BCUT2D eigenvalue weighted by Crippen LogP contribution is 2.38. The van der Waals surface area contributed by atoms with Crippen LogP contribution in [0.5, 0.6) is 11.5 Å². The van der Waals surface area contributed by atoms with Gasteiger partial charge >= 0.3 is 23.8 Å². The monoisotopic (exact) mass is 597 g/mol. The van der Waals surface area contributed by atoms with E-state index < -0.39 is 23.8 Å². The molecule has 10 nitrogen and oxygen atoms in total. The fourth-order valence-electron chi connectivity index (χ4n) is 4.15. The first kappa shape index (κ1) is 29.8. The first-order valence-corrected chi connectivity index (χ1v) is 14.2. The maximum atomic E-state index is 12.6. The van der Waals surface area contributed by atoms with Gasteiger partial charge in [0.25, 0.3) is 0 Å². The Bertz CT molecular complexity index is 1480. The van der Waals surface area contributed by atoms with E-state index in [-0.39, 0.29) is 18.1 Å². The summed E-state index contributed by atoms with van der Waals surface area (Å²) in [6, 6.07) is 11.0. The van der Waals surface area contributed by atoms with Crippen molar-refractivity contribution in [3.05, 3.63) is 74.6 Å². The maximum Gasteiger partial charge on any atom is 0.343 e. The number of hydrogen-bond donors (Lipinski definition) is 2. The smallest absolute Gasteiger partial charge is 0.343 e. The first-order chi connectivity index (χ1) is 19.8. The third-order valence-electron chi connectivity index (χ3n) is 6.01. The van der Waals surface area contributed by atoms with Gasteiger partial charge in [0, 0.05) is 9.90 Å². The van der Waals surface area contributed by atoms with Crippen LogP contribution >= 0.6 is 22.9 Å². The Morgan fingerprint density at radius 1 is 0.951 bits per heavy atom. The Morgan fingerprint density at radius 3 is 2.44 bits per heavy atom. The minimum atomic E-state index is -1.01. The van der Waals surface area contributed by atoms with Gasteiger partial charge in [-0.05, 0) is 93.1 Å². The number of thiophene rings is 1. The van der Waals surface area contributed by atoms with Gasteiger partial charge in [-0.2, -0.15) is 5.10 Å². The predicted molar refractivity (Wildman–Crippen MR) is 155 cm³/mol. The van der Waals surface area contributed by atoms with Crippen LogP contribution in [0.15, 0.2) is 47.6 Å². The normalized spacial score (nSPS) is 12.4. The summed E-state index contributed by atoms with van der Waals surface area (Å²) in [4.78, 5) is 51.2. The second-order valence-electron chi connectivity index (χ2n) is 8.82. The molecule has 1 heterocycles. The van der Waals surface area contributed by atoms with Crippen LogP contribution in [0, 0.1) is 0 Å². The number of hydrogen-bond acceptors (Lipinski definition) is 9. The van der Waals surface area contributed by atoms with E-state index in [9.17, 15) is 19.2 Å². The van der Waals surface area contributed by atoms with E-state index in [0.717, 1.165) is 36.1 Å². The molecule has 4 rings (SSSR count). The molecule has 3 aromatic rings. The number of hydrazone groups is 1. The zero-order chi connectivity index (χ0) is 29.4. The number of nitrogens with zero attached hydrogens (tertiary/aromatic N) is 1. The van der Waals surface area contributed by atoms with Crippen molar-refractivity contribution in [2.45, 2.75) is 39.5 Å². The number of esters is 2. The molecule has 0 atom stereocenters. The van der Waals surface area contributed by atoms with Crippen molar-refractivity contribution in [1.29, 1.82) is 0 Å². The van der Waals surface area contributed by atoms with Crippen molar-refractivity contribution in [1.82, 2.24) is 5.43 Å². The molecule has 1 aliphatic rings. The number of benzene rings is 2. The molecule has 0 aliphatic heterocycles. The molecule has 1 aromatic heterocycles. The lowest BCUT2D eigenvalue weighted by Crippen LogP contribution is -2.32. The second-order valence-corrected chi connectivity index (χ2v) is 10.4. The van der Waals surface area contributed by atoms with Crippen molar-refractivity contribution >= 4 is 57.9 Å². The third-order valence-corrected chi connectivity index (χ3v) is 7.47. The third kappa shape index (κ3) is 7.50. The van der Waals surface area contributed by atoms with Crippen LogP contribution < -0.4 is 20.2 Å². The molecule has 12 heteroatoms. The Morgan fingerprint density at radius 2 is 1.71 bits per heavy atom. The van der Waals surface area contributed by atoms with Gasteiger partial charge in [-0.15, -0.1) is 11.3 Å². The fraction of sp³-hybridized carbons (Fsp3) is 0.276. The highest BCUT2D eigenvalue weighted by atomic mass is 35.5. The molecule has 2 amide bonds. The summed E-state index contributed by atoms with van der Waals surface area (Å²) < 4.78 is 16.3. The molecule has 2 N–H and O–H groups in total. The number of anilines is 1. The molecule has 0 spiro atoms. The van der Waals surface area contributed by atoms with Crippen LogP contribution in [-0.4, -0.2) is 43.2 Å². The number of amides is 2. The van der Waals surface area contributed by atoms with E-state index in [1.807, 2.05) is 0 Å². The van der Waals surface area contributed by atoms with Crippen LogP contribution in [0.3, 0.4) is 0 Å². The molecular weight excluding hydrogens is 570 g/mol. The number of ether oxygens (including phenoxy) is 3. The molecule has 41 heavy (non-hydrogen) atoms. The van der Waals surface area contributed by atoms with Gasteiger partial charge in [0.2, 0.25) is 0 Å². The highest BCUT2D eigenvalue weighted by Gasteiger charge is 2.28. The van der Waals surface area contributed by atoms with E-state index in [1.54, 1.807) is 50.2 Å². The Hall–Kier alpha value is -4.22. The van der Waals surface area contributed by atoms with Gasteiger partial charge < -0.3 is 19.5 Å². The van der Waals surface area contributed by atoms with Gasteiger partial charge in [-0.1, -0.05) is 11.6 Å². The molecule has 2 aromatic carbocycles. The highest BCUT2D eigenvalue weighted by molar-refractivity contribution is 7.17. The predicted octanol–water partition coefficient (Wildman–Crippen LogP) is 5.16. The lowest BCUT2D eigenvalue weighted by Gasteiger charge is -2.12. The van der Waals surface area contributed by atoms with E-state index in [1.165, 1.54) is 23.6 Å². The molecule has 214 valence electrons. The summed E-state index contributed by atoms with van der Waals surface area (Å²) >= 11 is 7.16.